The number of benzene rings is 3. The van der Waals surface area contributed by atoms with Crippen molar-refractivity contribution in [2.24, 2.45) is 0 Å². The highest BCUT2D eigenvalue weighted by atomic mass is 16.7. The van der Waals surface area contributed by atoms with Crippen LogP contribution in [0.1, 0.15) is 31.6 Å². The van der Waals surface area contributed by atoms with Gasteiger partial charge in [0, 0.05) is 24.6 Å². The van der Waals surface area contributed by atoms with Gasteiger partial charge in [-0.25, -0.2) is 0 Å². The van der Waals surface area contributed by atoms with Crippen molar-refractivity contribution in [1.29, 1.82) is 0 Å². The third kappa shape index (κ3) is 2.46. The molecule has 0 aliphatic carbocycles. The molecule has 6 rings (SSSR count). The van der Waals surface area contributed by atoms with Gasteiger partial charge in [0.2, 0.25) is 13.6 Å². The zero-order valence-corrected chi connectivity index (χ0v) is 17.1. The van der Waals surface area contributed by atoms with Crippen molar-refractivity contribution in [1.82, 2.24) is 0 Å². The summed E-state index contributed by atoms with van der Waals surface area (Å²) >= 11 is 0. The van der Waals surface area contributed by atoms with Crippen LogP contribution in [0.15, 0.2) is 36.4 Å². The molecular formula is C24H23NO5. The van der Waals surface area contributed by atoms with Gasteiger partial charge in [-0.2, -0.15) is 0 Å². The van der Waals surface area contributed by atoms with Gasteiger partial charge >= 0.3 is 0 Å². The Morgan fingerprint density at radius 1 is 0.933 bits per heavy atom. The Kier molecular flexibility index (Phi) is 3.96. The molecule has 1 atom stereocenters. The van der Waals surface area contributed by atoms with Crippen LogP contribution in [0, 0.1) is 0 Å². The predicted molar refractivity (Wildman–Crippen MR) is 114 cm³/mol. The lowest BCUT2D eigenvalue weighted by molar-refractivity contribution is 0.0489. The van der Waals surface area contributed by atoms with E-state index < -0.39 is 0 Å². The molecule has 0 N–H and O–H groups in total. The van der Waals surface area contributed by atoms with Crippen molar-refractivity contribution in [2.45, 2.75) is 26.0 Å². The van der Waals surface area contributed by atoms with Gasteiger partial charge in [0.25, 0.3) is 0 Å². The summed E-state index contributed by atoms with van der Waals surface area (Å²) in [5.74, 6) is 3.14. The molecule has 3 aromatic carbocycles. The highest BCUT2D eigenvalue weighted by Gasteiger charge is 2.36. The quantitative estimate of drug-likeness (QED) is 0.554. The molecule has 0 fully saturated rings. The molecule has 1 unspecified atom stereocenters. The lowest BCUT2D eigenvalue weighted by atomic mass is 9.88. The molecule has 0 spiro atoms. The van der Waals surface area contributed by atoms with Crippen LogP contribution in [0.4, 0.5) is 5.69 Å². The van der Waals surface area contributed by atoms with E-state index in [1.165, 1.54) is 0 Å². The minimum Gasteiger partial charge on any atom is -0.454 e. The maximum absolute atomic E-state index is 6.42. The predicted octanol–water partition coefficient (Wildman–Crippen LogP) is 5.23. The summed E-state index contributed by atoms with van der Waals surface area (Å²) in [5.41, 5.74) is 4.43. The zero-order chi connectivity index (χ0) is 20.2. The van der Waals surface area contributed by atoms with Crippen LogP contribution in [0.5, 0.6) is 23.0 Å². The standard InChI is InChI=1S/C24H23NO5/c1-3-4-9-26-24-21-15(7-8-18-23(21)30-13-27-18)16-6-5-14-10-19-20(29-12-28-19)11-17(14)22(16)25(24)2/h5-8,10-11,24H,3-4,9,12-13H2,1-2H3. The Bertz CT molecular complexity index is 1160. The van der Waals surface area contributed by atoms with Gasteiger partial charge < -0.3 is 28.6 Å². The molecule has 0 saturated carbocycles. The van der Waals surface area contributed by atoms with E-state index in [1.807, 2.05) is 12.1 Å². The number of unbranched alkanes of at least 4 members (excludes halogenated alkanes) is 1. The van der Waals surface area contributed by atoms with Gasteiger partial charge in [0.15, 0.2) is 29.2 Å². The summed E-state index contributed by atoms with van der Waals surface area (Å²) in [6.07, 6.45) is 1.83. The third-order valence-corrected chi connectivity index (χ3v) is 6.08. The lowest BCUT2D eigenvalue weighted by Gasteiger charge is -2.38. The Labute approximate surface area is 174 Å². The van der Waals surface area contributed by atoms with E-state index in [1.54, 1.807) is 0 Å². The van der Waals surface area contributed by atoms with E-state index in [2.05, 4.69) is 43.1 Å². The van der Waals surface area contributed by atoms with Gasteiger partial charge in [-0.1, -0.05) is 25.5 Å². The molecule has 3 aliphatic heterocycles. The van der Waals surface area contributed by atoms with Crippen LogP contribution in [-0.2, 0) is 4.74 Å². The first-order valence-electron chi connectivity index (χ1n) is 10.4. The van der Waals surface area contributed by atoms with Crippen LogP contribution < -0.4 is 23.8 Å². The van der Waals surface area contributed by atoms with E-state index in [9.17, 15) is 0 Å². The Morgan fingerprint density at radius 2 is 1.70 bits per heavy atom. The smallest absolute Gasteiger partial charge is 0.231 e. The van der Waals surface area contributed by atoms with E-state index in [0.717, 1.165) is 69.0 Å². The molecule has 3 heterocycles. The second-order valence-electron chi connectivity index (χ2n) is 7.84. The number of ether oxygens (including phenoxy) is 5. The highest BCUT2D eigenvalue weighted by molar-refractivity contribution is 6.05. The van der Waals surface area contributed by atoms with Crippen molar-refractivity contribution in [3.63, 3.8) is 0 Å². The number of hydrogen-bond acceptors (Lipinski definition) is 6. The molecule has 0 aromatic heterocycles. The fourth-order valence-electron chi connectivity index (χ4n) is 4.61. The SMILES string of the molecule is CCCCOC1c2c(ccc3c2OCO3)-c2ccc3cc4c(cc3c2N1C)OCO4. The molecule has 0 saturated heterocycles. The Balaban J connectivity index is 1.59. The van der Waals surface area contributed by atoms with Crippen molar-refractivity contribution in [3.8, 4) is 34.1 Å². The van der Waals surface area contributed by atoms with Gasteiger partial charge in [0.1, 0.15) is 0 Å². The summed E-state index contributed by atoms with van der Waals surface area (Å²) in [6, 6.07) is 12.5. The molecule has 154 valence electrons. The maximum Gasteiger partial charge on any atom is 0.231 e. The van der Waals surface area contributed by atoms with Crippen LogP contribution >= 0.6 is 0 Å². The molecule has 3 aliphatic rings. The van der Waals surface area contributed by atoms with Crippen LogP contribution in [0.2, 0.25) is 0 Å². The van der Waals surface area contributed by atoms with Gasteiger partial charge in [-0.3, -0.25) is 0 Å². The lowest BCUT2D eigenvalue weighted by Crippen LogP contribution is -2.31. The van der Waals surface area contributed by atoms with Crippen molar-refractivity contribution in [3.05, 3.63) is 42.0 Å². The molecule has 0 bridgehead atoms. The summed E-state index contributed by atoms with van der Waals surface area (Å²) < 4.78 is 29.2. The first kappa shape index (κ1) is 17.7. The second-order valence-corrected chi connectivity index (χ2v) is 7.84. The van der Waals surface area contributed by atoms with Crippen molar-refractivity contribution >= 4 is 16.5 Å². The topological polar surface area (TPSA) is 49.4 Å². The Morgan fingerprint density at radius 3 is 2.57 bits per heavy atom. The van der Waals surface area contributed by atoms with Crippen LogP contribution in [-0.4, -0.2) is 27.2 Å². The van der Waals surface area contributed by atoms with Crippen molar-refractivity contribution in [2.75, 3.05) is 32.1 Å². The largest absolute Gasteiger partial charge is 0.454 e. The number of nitrogens with zero attached hydrogens (tertiary/aromatic N) is 1. The van der Waals surface area contributed by atoms with Gasteiger partial charge in [-0.15, -0.1) is 0 Å². The average molecular weight is 405 g/mol. The summed E-state index contributed by atoms with van der Waals surface area (Å²) in [5, 5.41) is 2.23. The number of hydrogen-bond donors (Lipinski definition) is 0. The van der Waals surface area contributed by atoms with E-state index in [0.29, 0.717) is 6.61 Å². The summed E-state index contributed by atoms with van der Waals surface area (Å²) in [4.78, 5) is 2.21. The van der Waals surface area contributed by atoms with Crippen molar-refractivity contribution < 1.29 is 23.7 Å². The molecular weight excluding hydrogens is 382 g/mol. The molecule has 0 radical (unpaired) electrons. The highest BCUT2D eigenvalue weighted by Crippen LogP contribution is 2.54. The molecule has 3 aromatic rings. The second kappa shape index (κ2) is 6.71. The van der Waals surface area contributed by atoms with Crippen LogP contribution in [0.25, 0.3) is 21.9 Å². The molecule has 6 nitrogen and oxygen atoms in total. The molecule has 6 heteroatoms. The van der Waals surface area contributed by atoms with E-state index >= 15 is 0 Å². The number of fused-ring (bicyclic) bond motifs is 8. The van der Waals surface area contributed by atoms with Gasteiger partial charge in [-0.05, 0) is 41.6 Å². The Hall–Kier alpha value is -3.12. The monoisotopic (exact) mass is 405 g/mol. The van der Waals surface area contributed by atoms with Gasteiger partial charge in [0.05, 0.1) is 11.3 Å². The number of rotatable bonds is 4. The number of anilines is 1. The third-order valence-electron chi connectivity index (χ3n) is 6.08. The minimum absolute atomic E-state index is 0.241. The zero-order valence-electron chi connectivity index (χ0n) is 17.1. The first-order chi connectivity index (χ1) is 14.8. The van der Waals surface area contributed by atoms with E-state index in [-0.39, 0.29) is 19.8 Å². The fraction of sp³-hybridized carbons (Fsp3) is 0.333. The minimum atomic E-state index is -0.258. The molecule has 0 amide bonds. The summed E-state index contributed by atoms with van der Waals surface area (Å²) in [6.45, 7) is 3.36. The average Bonchev–Trinajstić information content (AvgIpc) is 3.42. The first-order valence-corrected chi connectivity index (χ1v) is 10.4. The summed E-state index contributed by atoms with van der Waals surface area (Å²) in [7, 11) is 2.08. The van der Waals surface area contributed by atoms with E-state index in [4.69, 9.17) is 23.7 Å². The normalized spacial score (nSPS) is 17.9. The molecule has 30 heavy (non-hydrogen) atoms. The fourth-order valence-corrected chi connectivity index (χ4v) is 4.61. The maximum atomic E-state index is 6.42. The van der Waals surface area contributed by atoms with Crippen LogP contribution in [0.3, 0.4) is 0 Å².